The number of methoxy groups -OCH3 is 2. The van der Waals surface area contributed by atoms with Gasteiger partial charge in [-0.3, -0.25) is 14.9 Å². The van der Waals surface area contributed by atoms with Crippen molar-refractivity contribution in [3.8, 4) is 22.9 Å². The number of pyridine rings is 1. The molecule has 1 aliphatic rings. The van der Waals surface area contributed by atoms with Gasteiger partial charge < -0.3 is 40.5 Å². The van der Waals surface area contributed by atoms with Crippen LogP contribution in [0.25, 0.3) is 22.3 Å². The SMILES string of the molecule is C=C/C(=C\CC/C=C\C)S(=O)N(C)C[C@@H](NC(=O)NCC(=O)N1CCC[C@H]1C(O)NCC(C)CCCCCCC)C(C)(C)C.CC.CC(=O)O.COc1ccc2c(OC)cc(-c3csc(NC(C)C)n3)nc2c1. The maximum absolute atomic E-state index is 13.2. The number of fused-ring (bicyclic) bond motifs is 1. The minimum Gasteiger partial charge on any atom is -0.497 e. The van der Waals surface area contributed by atoms with Crippen molar-refractivity contribution in [3.05, 3.63) is 65.4 Å². The molecule has 3 amide bonds. The number of unbranched alkanes of at least 4 members (excludes halogenated alkanes) is 5. The van der Waals surface area contributed by atoms with E-state index in [9.17, 15) is 18.9 Å². The van der Waals surface area contributed by atoms with E-state index < -0.39 is 29.2 Å². The fourth-order valence-electron chi connectivity index (χ4n) is 7.62. The lowest BCUT2D eigenvalue weighted by molar-refractivity contribution is -0.134. The van der Waals surface area contributed by atoms with Crippen molar-refractivity contribution in [2.24, 2.45) is 11.3 Å². The Morgan fingerprint density at radius 2 is 1.73 bits per heavy atom. The molecule has 0 spiro atoms. The Balaban J connectivity index is 0.000000757. The summed E-state index contributed by atoms with van der Waals surface area (Å²) in [6, 6.07) is 6.93. The fraction of sp³-hybridized carbons (Fsp3) is 0.618. The van der Waals surface area contributed by atoms with E-state index in [0.29, 0.717) is 36.5 Å². The van der Waals surface area contributed by atoms with Gasteiger partial charge in [0.2, 0.25) is 5.91 Å². The monoisotopic (exact) mass is 1060 g/mol. The molecule has 0 aliphatic carbocycles. The number of aliphatic carboxylic acids is 1. The molecule has 3 aromatic rings. The number of aromatic nitrogens is 2. The molecule has 0 bridgehead atoms. The molecule has 4 rings (SSSR count). The number of anilines is 1. The molecule has 0 radical (unpaired) electrons. The molecule has 412 valence electrons. The van der Waals surface area contributed by atoms with Crippen LogP contribution in [0.15, 0.2) is 65.4 Å². The van der Waals surface area contributed by atoms with Gasteiger partial charge in [-0.15, -0.1) is 11.3 Å². The second-order valence-electron chi connectivity index (χ2n) is 19.2. The number of aliphatic hydroxyl groups is 1. The minimum atomic E-state index is -1.42. The largest absolute Gasteiger partial charge is 0.497 e. The summed E-state index contributed by atoms with van der Waals surface area (Å²) in [6.07, 6.45) is 17.4. The maximum Gasteiger partial charge on any atom is 0.315 e. The Labute approximate surface area is 444 Å². The number of ether oxygens (including phenoxy) is 2. The molecule has 18 heteroatoms. The average Bonchev–Trinajstić information content (AvgIpc) is 4.05. The molecule has 16 nitrogen and oxygen atoms in total. The van der Waals surface area contributed by atoms with Gasteiger partial charge in [-0.2, -0.15) is 0 Å². The van der Waals surface area contributed by atoms with Crippen molar-refractivity contribution in [1.82, 2.24) is 35.1 Å². The topological polar surface area (TPSA) is 208 Å². The summed E-state index contributed by atoms with van der Waals surface area (Å²) in [5.74, 6) is 0.956. The number of benzene rings is 1. The Hall–Kier alpha value is -4.88. The first kappa shape index (κ1) is 66.1. The van der Waals surface area contributed by atoms with Crippen molar-refractivity contribution < 1.29 is 38.3 Å². The highest BCUT2D eigenvalue weighted by molar-refractivity contribution is 7.86. The summed E-state index contributed by atoms with van der Waals surface area (Å²) in [5.41, 5.74) is 2.12. The van der Waals surface area contributed by atoms with Crippen molar-refractivity contribution >= 4 is 56.3 Å². The number of nitrogens with one attached hydrogen (secondary N) is 4. The minimum absolute atomic E-state index is 0.155. The number of hydrogen-bond acceptors (Lipinski definition) is 12. The third-order valence-electron chi connectivity index (χ3n) is 11.6. The number of allylic oxidation sites excluding steroid dienone is 4. The number of urea groups is 1. The van der Waals surface area contributed by atoms with Gasteiger partial charge >= 0.3 is 6.03 Å². The first-order valence-electron chi connectivity index (χ1n) is 26.0. The number of carbonyl (C=O) groups excluding carboxylic acids is 2. The molecule has 3 unspecified atom stereocenters. The van der Waals surface area contributed by atoms with E-state index >= 15 is 0 Å². The Morgan fingerprint density at radius 1 is 1.04 bits per heavy atom. The molecule has 5 atom stereocenters. The Kier molecular flexibility index (Phi) is 32.7. The third kappa shape index (κ3) is 25.3. The van der Waals surface area contributed by atoms with Crippen LogP contribution < -0.4 is 30.7 Å². The molecule has 2 aromatic heterocycles. The number of rotatable bonds is 26. The van der Waals surface area contributed by atoms with Crippen LogP contribution in [0.5, 0.6) is 11.5 Å². The second-order valence-corrected chi connectivity index (χ2v) is 21.6. The number of carbonyl (C=O) groups is 3. The van der Waals surface area contributed by atoms with Gasteiger partial charge in [-0.05, 0) is 76.3 Å². The number of amides is 3. The van der Waals surface area contributed by atoms with E-state index in [2.05, 4.69) is 66.6 Å². The number of likely N-dealkylation sites (tertiary alicyclic amines) is 1. The number of nitrogens with zero attached hydrogens (tertiary/aromatic N) is 4. The Bertz CT molecular complexity index is 2170. The zero-order chi connectivity index (χ0) is 55.1. The van der Waals surface area contributed by atoms with Gasteiger partial charge in [-0.25, -0.2) is 23.3 Å². The number of carboxylic acids is 1. The van der Waals surface area contributed by atoms with Crippen LogP contribution in [-0.4, -0.2) is 123 Å². The molecule has 73 heavy (non-hydrogen) atoms. The lowest BCUT2D eigenvalue weighted by Gasteiger charge is -2.34. The number of carboxylic acid groups (broad SMARTS) is 1. The standard InChI is InChI=1S/C34H63N5O4S.C17H19N3O2S.C2H4O2.C2H6/c1-9-12-14-16-17-20-27(4)24-35-32(41)29-22-19-23-39(29)31(40)25-36-33(42)37-30(34(5,6)7)26-38(8)44(43)28(11-3)21-18-15-13-10-2;1-10(2)18-17-20-15(9-23-17)14-8-16(22-4)12-6-5-11(21-3)7-13(12)19-14;1-2(3)4;1-2/h10-11,13,21,27,29-30,32,35,41H,3,9,12,14-20,22-26H2,1-2,4-8H3,(H2,36,37,42);5-10H,1-4H3,(H,18,20);1H3,(H,3,4);1-2H3/b13-10-,28-21+;;;/t27?,29-,30+,32?,44?;;;/m0.../s1. The number of hydrogen-bond donors (Lipinski definition) is 6. The summed E-state index contributed by atoms with van der Waals surface area (Å²) < 4.78 is 25.7. The molecule has 1 fully saturated rings. The van der Waals surface area contributed by atoms with Gasteiger partial charge in [0.15, 0.2) is 5.13 Å². The molecule has 3 heterocycles. The van der Waals surface area contributed by atoms with Crippen LogP contribution >= 0.6 is 11.3 Å². The normalized spacial score (nSPS) is 15.2. The summed E-state index contributed by atoms with van der Waals surface area (Å²) in [7, 11) is 3.66. The highest BCUT2D eigenvalue weighted by atomic mass is 32.2. The lowest BCUT2D eigenvalue weighted by Crippen LogP contribution is -2.55. The predicted molar refractivity (Wildman–Crippen MR) is 304 cm³/mol. The van der Waals surface area contributed by atoms with Gasteiger partial charge in [-0.1, -0.05) is 111 Å². The lowest BCUT2D eigenvalue weighted by atomic mass is 9.87. The number of likely N-dealkylation sites (N-methyl/N-ethyl adjacent to an activating group) is 1. The summed E-state index contributed by atoms with van der Waals surface area (Å²) in [4.78, 5) is 46.7. The summed E-state index contributed by atoms with van der Waals surface area (Å²) >= 11 is 1.57. The Morgan fingerprint density at radius 3 is 2.33 bits per heavy atom. The van der Waals surface area contributed by atoms with Crippen LogP contribution in [0.2, 0.25) is 0 Å². The molecule has 6 N–H and O–H groups in total. The van der Waals surface area contributed by atoms with E-state index in [-0.39, 0.29) is 30.0 Å². The van der Waals surface area contributed by atoms with Crippen molar-refractivity contribution in [2.75, 3.05) is 52.8 Å². The van der Waals surface area contributed by atoms with Gasteiger partial charge in [0.1, 0.15) is 34.4 Å². The molecular formula is C55H92N8O8S2. The zero-order valence-corrected chi connectivity index (χ0v) is 48.3. The fourth-order valence-corrected chi connectivity index (χ4v) is 9.52. The zero-order valence-electron chi connectivity index (χ0n) is 46.6. The quantitative estimate of drug-likeness (QED) is 0.0192. The van der Waals surface area contributed by atoms with Crippen molar-refractivity contribution in [2.45, 2.75) is 165 Å². The van der Waals surface area contributed by atoms with Crippen LogP contribution in [0.3, 0.4) is 0 Å². The third-order valence-corrected chi connectivity index (χ3v) is 13.9. The van der Waals surface area contributed by atoms with Crippen LogP contribution in [0.1, 0.15) is 140 Å². The van der Waals surface area contributed by atoms with Gasteiger partial charge in [0, 0.05) is 73.5 Å². The molecule has 1 saturated heterocycles. The van der Waals surface area contributed by atoms with E-state index in [4.69, 9.17) is 24.4 Å². The number of aliphatic hydroxyl groups excluding tert-OH is 1. The van der Waals surface area contributed by atoms with Crippen LogP contribution in [-0.2, 0) is 20.6 Å². The second kappa shape index (κ2) is 36.1. The van der Waals surface area contributed by atoms with E-state index in [1.165, 1.54) is 32.1 Å². The van der Waals surface area contributed by atoms with Crippen molar-refractivity contribution in [1.29, 1.82) is 0 Å². The van der Waals surface area contributed by atoms with E-state index in [0.717, 1.165) is 77.9 Å². The van der Waals surface area contributed by atoms with Gasteiger partial charge in [0.05, 0.1) is 38.0 Å². The highest BCUT2D eigenvalue weighted by Crippen LogP contribution is 2.33. The van der Waals surface area contributed by atoms with Crippen LogP contribution in [0, 0.1) is 11.3 Å². The van der Waals surface area contributed by atoms with Crippen LogP contribution in [0.4, 0.5) is 9.93 Å². The maximum atomic E-state index is 13.2. The predicted octanol–water partition coefficient (Wildman–Crippen LogP) is 10.9. The molecule has 1 aromatic carbocycles. The smallest absolute Gasteiger partial charge is 0.315 e. The molecular weight excluding hydrogens is 965 g/mol. The highest BCUT2D eigenvalue weighted by Gasteiger charge is 2.34. The molecule has 0 saturated carbocycles. The first-order chi connectivity index (χ1) is 34.7. The summed E-state index contributed by atoms with van der Waals surface area (Å²) in [6.45, 7) is 27.0. The summed E-state index contributed by atoms with van der Waals surface area (Å²) in [5, 5.41) is 34.4. The number of thiazole rings is 1. The van der Waals surface area contributed by atoms with E-state index in [1.807, 2.05) is 83.3 Å². The average molecular weight is 1060 g/mol. The van der Waals surface area contributed by atoms with E-state index in [1.54, 1.807) is 47.9 Å². The first-order valence-corrected chi connectivity index (χ1v) is 27.9. The van der Waals surface area contributed by atoms with Crippen molar-refractivity contribution in [3.63, 3.8) is 0 Å². The van der Waals surface area contributed by atoms with Gasteiger partial charge in [0.25, 0.3) is 5.97 Å². The molecule has 1 aliphatic heterocycles.